The maximum atomic E-state index is 4.45. The second-order valence-electron chi connectivity index (χ2n) is 5.71. The lowest BCUT2D eigenvalue weighted by Crippen LogP contribution is -1.89. The van der Waals surface area contributed by atoms with E-state index >= 15 is 0 Å². The summed E-state index contributed by atoms with van der Waals surface area (Å²) in [4.78, 5) is 4.45. The summed E-state index contributed by atoms with van der Waals surface area (Å²) in [5, 5.41) is 0. The van der Waals surface area contributed by atoms with Crippen LogP contribution in [0.3, 0.4) is 0 Å². The van der Waals surface area contributed by atoms with Crippen LogP contribution in [0.5, 0.6) is 0 Å². The van der Waals surface area contributed by atoms with E-state index in [0.717, 1.165) is 24.1 Å². The highest BCUT2D eigenvalue weighted by Crippen LogP contribution is 2.07. The molecule has 0 amide bonds. The third-order valence-electron chi connectivity index (χ3n) is 3.72. The summed E-state index contributed by atoms with van der Waals surface area (Å²) in [5.74, 6) is 6.34. The topological polar surface area (TPSA) is 12.9 Å². The van der Waals surface area contributed by atoms with Crippen molar-refractivity contribution in [1.29, 1.82) is 0 Å². The molecule has 22 heavy (non-hydrogen) atoms. The Kier molecular flexibility index (Phi) is 6.71. The first-order valence-electron chi connectivity index (χ1n) is 8.37. The Morgan fingerprint density at radius 1 is 0.773 bits per heavy atom. The smallest absolute Gasteiger partial charge is 0.113 e. The number of benzene rings is 1. The van der Waals surface area contributed by atoms with Crippen molar-refractivity contribution in [3.05, 3.63) is 65.0 Å². The molecule has 0 bridgehead atoms. The Morgan fingerprint density at radius 2 is 1.55 bits per heavy atom. The van der Waals surface area contributed by atoms with E-state index in [2.05, 4.69) is 61.0 Å². The highest BCUT2D eigenvalue weighted by molar-refractivity contribution is 5.41. The minimum absolute atomic E-state index is 0.844. The van der Waals surface area contributed by atoms with Gasteiger partial charge in [0.05, 0.1) is 0 Å². The summed E-state index contributed by atoms with van der Waals surface area (Å²) in [6, 6.07) is 12.7. The molecule has 0 saturated carbocycles. The molecule has 0 aliphatic heterocycles. The molecule has 1 nitrogen and oxygen atoms in total. The zero-order chi connectivity index (χ0) is 15.6. The number of hydrogen-bond donors (Lipinski definition) is 0. The van der Waals surface area contributed by atoms with E-state index in [1.165, 1.54) is 36.8 Å². The first kappa shape index (κ1) is 16.3. The summed E-state index contributed by atoms with van der Waals surface area (Å²) in [7, 11) is 0. The van der Waals surface area contributed by atoms with Crippen LogP contribution in [-0.4, -0.2) is 4.98 Å². The maximum absolute atomic E-state index is 4.45. The molecule has 0 aliphatic rings. The molecule has 0 fully saturated rings. The Bertz CT molecular complexity index is 612. The summed E-state index contributed by atoms with van der Waals surface area (Å²) >= 11 is 0. The maximum Gasteiger partial charge on any atom is 0.113 e. The minimum Gasteiger partial charge on any atom is -0.248 e. The van der Waals surface area contributed by atoms with E-state index in [4.69, 9.17) is 0 Å². The van der Waals surface area contributed by atoms with E-state index in [1.807, 2.05) is 12.3 Å². The number of aryl methyl sites for hydroxylation is 2. The van der Waals surface area contributed by atoms with E-state index in [1.54, 1.807) is 0 Å². The van der Waals surface area contributed by atoms with Crippen LogP contribution in [0.4, 0.5) is 0 Å². The second-order valence-corrected chi connectivity index (χ2v) is 5.71. The van der Waals surface area contributed by atoms with E-state index < -0.39 is 0 Å². The number of pyridine rings is 1. The van der Waals surface area contributed by atoms with Gasteiger partial charge in [-0.1, -0.05) is 57.2 Å². The molecule has 0 atom stereocenters. The summed E-state index contributed by atoms with van der Waals surface area (Å²) in [6.45, 7) is 4.43. The first-order chi connectivity index (χ1) is 10.8. The van der Waals surface area contributed by atoms with Crippen LogP contribution in [0, 0.1) is 11.8 Å². The molecule has 1 heteroatoms. The Hall–Kier alpha value is -2.07. The van der Waals surface area contributed by atoms with Crippen molar-refractivity contribution in [2.45, 2.75) is 52.4 Å². The van der Waals surface area contributed by atoms with Crippen molar-refractivity contribution < 1.29 is 0 Å². The fourth-order valence-electron chi connectivity index (χ4n) is 2.41. The van der Waals surface area contributed by atoms with Crippen molar-refractivity contribution in [3.63, 3.8) is 0 Å². The molecule has 0 spiro atoms. The van der Waals surface area contributed by atoms with Crippen LogP contribution in [0.25, 0.3) is 0 Å². The lowest BCUT2D eigenvalue weighted by Gasteiger charge is -2.00. The van der Waals surface area contributed by atoms with Gasteiger partial charge in [-0.2, -0.15) is 0 Å². The van der Waals surface area contributed by atoms with Crippen LogP contribution in [0.2, 0.25) is 0 Å². The van der Waals surface area contributed by atoms with Gasteiger partial charge in [0, 0.05) is 11.8 Å². The lowest BCUT2D eigenvalue weighted by atomic mass is 10.1. The van der Waals surface area contributed by atoms with Gasteiger partial charge in [-0.25, -0.2) is 4.98 Å². The van der Waals surface area contributed by atoms with Crippen molar-refractivity contribution in [2.24, 2.45) is 0 Å². The van der Waals surface area contributed by atoms with Crippen LogP contribution in [0.15, 0.2) is 42.6 Å². The van der Waals surface area contributed by atoms with Crippen LogP contribution in [0.1, 0.15) is 61.9 Å². The number of nitrogens with zero attached hydrogens (tertiary/aromatic N) is 1. The molecule has 0 N–H and O–H groups in total. The molecule has 0 unspecified atom stereocenters. The molecule has 0 radical (unpaired) electrons. The average molecular weight is 291 g/mol. The van der Waals surface area contributed by atoms with Crippen LogP contribution < -0.4 is 0 Å². The summed E-state index contributed by atoms with van der Waals surface area (Å²) in [6.07, 6.45) is 9.18. The fraction of sp³-hybridized carbons (Fsp3) is 0.381. The molecule has 2 aromatic rings. The van der Waals surface area contributed by atoms with Gasteiger partial charge in [-0.15, -0.1) is 0 Å². The van der Waals surface area contributed by atoms with Gasteiger partial charge in [-0.05, 0) is 54.5 Å². The average Bonchev–Trinajstić information content (AvgIpc) is 2.56. The van der Waals surface area contributed by atoms with Crippen LogP contribution in [-0.2, 0) is 12.8 Å². The summed E-state index contributed by atoms with van der Waals surface area (Å²) < 4.78 is 0. The normalized spacial score (nSPS) is 10.1. The highest BCUT2D eigenvalue weighted by Gasteiger charge is 1.95. The van der Waals surface area contributed by atoms with Gasteiger partial charge in [0.25, 0.3) is 0 Å². The van der Waals surface area contributed by atoms with Gasteiger partial charge in [0.2, 0.25) is 0 Å². The van der Waals surface area contributed by atoms with Gasteiger partial charge in [0.15, 0.2) is 0 Å². The minimum atomic E-state index is 0.844. The number of rotatable bonds is 6. The van der Waals surface area contributed by atoms with Crippen molar-refractivity contribution in [1.82, 2.24) is 4.98 Å². The Morgan fingerprint density at radius 3 is 2.18 bits per heavy atom. The van der Waals surface area contributed by atoms with E-state index in [0.29, 0.717) is 0 Å². The van der Waals surface area contributed by atoms with E-state index in [9.17, 15) is 0 Å². The van der Waals surface area contributed by atoms with Crippen LogP contribution >= 0.6 is 0 Å². The van der Waals surface area contributed by atoms with Crippen molar-refractivity contribution in [3.8, 4) is 11.8 Å². The fourth-order valence-corrected chi connectivity index (χ4v) is 2.41. The first-order valence-corrected chi connectivity index (χ1v) is 8.37. The SMILES string of the molecule is CCCCCc1ccc(C#Cc2ccc(CCC)cc2)nc1. The van der Waals surface area contributed by atoms with Gasteiger partial charge >= 0.3 is 0 Å². The van der Waals surface area contributed by atoms with Gasteiger partial charge < -0.3 is 0 Å². The highest BCUT2D eigenvalue weighted by atomic mass is 14.7. The van der Waals surface area contributed by atoms with Gasteiger partial charge in [-0.3, -0.25) is 0 Å². The molecular weight excluding hydrogens is 266 g/mol. The third kappa shape index (κ3) is 5.37. The lowest BCUT2D eigenvalue weighted by molar-refractivity contribution is 0.716. The molecular formula is C21H25N. The Balaban J connectivity index is 1.96. The van der Waals surface area contributed by atoms with E-state index in [-0.39, 0.29) is 0 Å². The molecule has 1 heterocycles. The largest absolute Gasteiger partial charge is 0.248 e. The zero-order valence-corrected chi connectivity index (χ0v) is 13.7. The molecule has 0 aliphatic carbocycles. The summed E-state index contributed by atoms with van der Waals surface area (Å²) in [5.41, 5.74) is 4.58. The van der Waals surface area contributed by atoms with Gasteiger partial charge in [0.1, 0.15) is 5.69 Å². The molecule has 0 saturated heterocycles. The molecule has 114 valence electrons. The quantitative estimate of drug-likeness (QED) is 0.529. The van der Waals surface area contributed by atoms with Crippen molar-refractivity contribution >= 4 is 0 Å². The standard InChI is InChI=1S/C21H25N/c1-3-5-6-8-20-14-16-21(22-17-20)15-13-19-11-9-18(7-4-2)10-12-19/h9-12,14,16-17H,3-8H2,1-2H3. The monoisotopic (exact) mass is 291 g/mol. The third-order valence-corrected chi connectivity index (χ3v) is 3.72. The second kappa shape index (κ2) is 9.05. The Labute approximate surface area is 134 Å². The number of hydrogen-bond acceptors (Lipinski definition) is 1. The predicted octanol–water partition coefficient (Wildman–Crippen LogP) is 5.17. The number of unbranched alkanes of at least 4 members (excludes halogenated alkanes) is 2. The molecule has 1 aromatic carbocycles. The van der Waals surface area contributed by atoms with Crippen molar-refractivity contribution in [2.75, 3.05) is 0 Å². The number of aromatic nitrogens is 1. The molecule has 2 rings (SSSR count). The predicted molar refractivity (Wildman–Crippen MR) is 93.9 cm³/mol. The molecule has 1 aromatic heterocycles. The zero-order valence-electron chi connectivity index (χ0n) is 13.7.